The fraction of sp³-hybridized carbons (Fsp3) is 0.111. The van der Waals surface area contributed by atoms with Crippen LogP contribution in [0.2, 0.25) is 5.02 Å². The van der Waals surface area contributed by atoms with E-state index < -0.39 is 0 Å². The van der Waals surface area contributed by atoms with E-state index in [1.165, 1.54) is 6.08 Å². The molecule has 0 aliphatic carbocycles. The molecule has 0 aliphatic heterocycles. The highest BCUT2D eigenvalue weighted by Gasteiger charge is 2.08. The molecule has 1 amide bonds. The van der Waals surface area contributed by atoms with Crippen LogP contribution in [0.1, 0.15) is 5.56 Å². The van der Waals surface area contributed by atoms with Crippen LogP contribution in [-0.2, 0) is 18.9 Å². The summed E-state index contributed by atoms with van der Waals surface area (Å²) < 4.78 is 3.12. The van der Waals surface area contributed by atoms with Gasteiger partial charge in [-0.15, -0.1) is 0 Å². The van der Waals surface area contributed by atoms with E-state index in [9.17, 15) is 9.59 Å². The zero-order valence-corrected chi connectivity index (χ0v) is 14.0. The molecule has 0 saturated carbocycles. The van der Waals surface area contributed by atoms with Gasteiger partial charge in [0.15, 0.2) is 0 Å². The lowest BCUT2D eigenvalue weighted by molar-refractivity contribution is -0.111. The third-order valence-electron chi connectivity index (χ3n) is 3.84. The summed E-state index contributed by atoms with van der Waals surface area (Å²) in [4.78, 5) is 24.0. The third kappa shape index (κ3) is 3.12. The highest BCUT2D eigenvalue weighted by molar-refractivity contribution is 6.30. The fourth-order valence-corrected chi connectivity index (χ4v) is 2.64. The highest BCUT2D eigenvalue weighted by atomic mass is 35.5. The lowest BCUT2D eigenvalue weighted by Crippen LogP contribution is -2.19. The van der Waals surface area contributed by atoms with Crippen LogP contribution < -0.4 is 11.0 Å². The van der Waals surface area contributed by atoms with Crippen LogP contribution in [0.4, 0.5) is 5.69 Å². The number of aromatic nitrogens is 2. The Morgan fingerprint density at radius 2 is 1.71 bits per heavy atom. The first kappa shape index (κ1) is 16.1. The maximum Gasteiger partial charge on any atom is 0.328 e. The van der Waals surface area contributed by atoms with Gasteiger partial charge in [0, 0.05) is 30.9 Å². The highest BCUT2D eigenvalue weighted by Crippen LogP contribution is 2.17. The normalized spacial score (nSPS) is 11.3. The summed E-state index contributed by atoms with van der Waals surface area (Å²) in [6, 6.07) is 12.6. The summed E-state index contributed by atoms with van der Waals surface area (Å²) in [6.45, 7) is 0. The van der Waals surface area contributed by atoms with Crippen LogP contribution in [-0.4, -0.2) is 15.0 Å². The lowest BCUT2D eigenvalue weighted by atomic mass is 10.2. The standard InChI is InChI=1S/C18H16ClN3O2/c1-21-15-9-8-14(11-16(15)22(2)18(21)24)20-17(23)10-5-12-3-6-13(19)7-4-12/h3-11H,1-2H3,(H,20,23)/b10-5+. The first-order valence-corrected chi connectivity index (χ1v) is 7.73. The van der Waals surface area contributed by atoms with Gasteiger partial charge in [0.05, 0.1) is 11.0 Å². The molecular formula is C18H16ClN3O2. The van der Waals surface area contributed by atoms with Crippen molar-refractivity contribution >= 4 is 40.3 Å². The number of aryl methyl sites for hydroxylation is 2. The molecule has 24 heavy (non-hydrogen) atoms. The Bertz CT molecular complexity index is 998. The number of carbonyl (C=O) groups is 1. The van der Waals surface area contributed by atoms with E-state index in [0.717, 1.165) is 16.6 Å². The number of halogens is 1. The quantitative estimate of drug-likeness (QED) is 0.744. The first-order valence-electron chi connectivity index (χ1n) is 7.36. The van der Waals surface area contributed by atoms with Gasteiger partial charge < -0.3 is 5.32 Å². The van der Waals surface area contributed by atoms with Gasteiger partial charge in [-0.3, -0.25) is 13.9 Å². The number of hydrogen-bond acceptors (Lipinski definition) is 2. The van der Waals surface area contributed by atoms with Crippen molar-refractivity contribution in [3.63, 3.8) is 0 Å². The third-order valence-corrected chi connectivity index (χ3v) is 4.09. The number of imidazole rings is 1. The van der Waals surface area contributed by atoms with E-state index >= 15 is 0 Å². The van der Waals surface area contributed by atoms with Gasteiger partial charge in [0.2, 0.25) is 5.91 Å². The summed E-state index contributed by atoms with van der Waals surface area (Å²) in [6.07, 6.45) is 3.17. The molecule has 0 spiro atoms. The number of benzene rings is 2. The Balaban J connectivity index is 1.79. The average molecular weight is 342 g/mol. The minimum Gasteiger partial charge on any atom is -0.322 e. The number of nitrogens with zero attached hydrogens (tertiary/aromatic N) is 2. The zero-order valence-electron chi connectivity index (χ0n) is 13.3. The number of carbonyl (C=O) groups excluding carboxylic acids is 1. The second kappa shape index (κ2) is 6.37. The van der Waals surface area contributed by atoms with Gasteiger partial charge in [-0.05, 0) is 42.0 Å². The lowest BCUT2D eigenvalue weighted by Gasteiger charge is -2.03. The number of hydrogen-bond donors (Lipinski definition) is 1. The molecule has 0 unspecified atom stereocenters. The topological polar surface area (TPSA) is 56.0 Å². The molecule has 0 saturated heterocycles. The van der Waals surface area contributed by atoms with Gasteiger partial charge in [0.25, 0.3) is 0 Å². The van der Waals surface area contributed by atoms with Crippen LogP contribution in [0.5, 0.6) is 0 Å². The van der Waals surface area contributed by atoms with Crippen molar-refractivity contribution in [3.8, 4) is 0 Å². The van der Waals surface area contributed by atoms with Gasteiger partial charge in [0.1, 0.15) is 0 Å². The smallest absolute Gasteiger partial charge is 0.322 e. The van der Waals surface area contributed by atoms with Crippen molar-refractivity contribution in [3.05, 3.63) is 69.6 Å². The first-order chi connectivity index (χ1) is 11.5. The van der Waals surface area contributed by atoms with E-state index in [4.69, 9.17) is 11.6 Å². The second-order valence-corrected chi connectivity index (χ2v) is 5.91. The maximum absolute atomic E-state index is 12.0. The van der Waals surface area contributed by atoms with Gasteiger partial charge in [-0.25, -0.2) is 4.79 Å². The van der Waals surface area contributed by atoms with E-state index in [2.05, 4.69) is 5.32 Å². The summed E-state index contributed by atoms with van der Waals surface area (Å²) >= 11 is 5.83. The molecule has 3 rings (SSSR count). The van der Waals surface area contributed by atoms with E-state index in [0.29, 0.717) is 10.7 Å². The molecule has 6 heteroatoms. The monoisotopic (exact) mass is 341 g/mol. The minimum atomic E-state index is -0.245. The molecule has 0 bridgehead atoms. The molecule has 5 nitrogen and oxygen atoms in total. The molecule has 1 N–H and O–H groups in total. The van der Waals surface area contributed by atoms with Crippen molar-refractivity contribution in [1.82, 2.24) is 9.13 Å². The van der Waals surface area contributed by atoms with Gasteiger partial charge >= 0.3 is 5.69 Å². The van der Waals surface area contributed by atoms with Crippen molar-refractivity contribution in [1.29, 1.82) is 0 Å². The molecule has 1 aromatic heterocycles. The molecule has 2 aromatic carbocycles. The van der Waals surface area contributed by atoms with E-state index in [1.807, 2.05) is 18.2 Å². The minimum absolute atomic E-state index is 0.101. The number of fused-ring (bicyclic) bond motifs is 1. The Hall–Kier alpha value is -2.79. The Kier molecular flexibility index (Phi) is 4.27. The maximum atomic E-state index is 12.0. The number of rotatable bonds is 3. The van der Waals surface area contributed by atoms with Gasteiger partial charge in [-0.2, -0.15) is 0 Å². The number of amides is 1. The van der Waals surface area contributed by atoms with E-state index in [-0.39, 0.29) is 11.6 Å². The predicted octanol–water partition coefficient (Wildman–Crippen LogP) is 3.18. The van der Waals surface area contributed by atoms with E-state index in [1.54, 1.807) is 53.6 Å². The van der Waals surface area contributed by atoms with Crippen molar-refractivity contribution in [2.75, 3.05) is 5.32 Å². The fourth-order valence-electron chi connectivity index (χ4n) is 2.51. The van der Waals surface area contributed by atoms with Gasteiger partial charge in [-0.1, -0.05) is 23.7 Å². The Morgan fingerprint density at radius 1 is 1.04 bits per heavy atom. The summed E-state index contributed by atoms with van der Waals surface area (Å²) in [7, 11) is 3.43. The van der Waals surface area contributed by atoms with Crippen LogP contribution in [0.15, 0.2) is 53.3 Å². The number of nitrogens with one attached hydrogen (secondary N) is 1. The second-order valence-electron chi connectivity index (χ2n) is 5.48. The Labute approximate surface area is 143 Å². The molecule has 0 radical (unpaired) electrons. The molecule has 0 atom stereocenters. The molecule has 122 valence electrons. The predicted molar refractivity (Wildman–Crippen MR) is 97.3 cm³/mol. The van der Waals surface area contributed by atoms with Crippen LogP contribution in [0, 0.1) is 0 Å². The van der Waals surface area contributed by atoms with Crippen LogP contribution in [0.25, 0.3) is 17.1 Å². The molecule has 1 heterocycles. The average Bonchev–Trinajstić information content (AvgIpc) is 2.79. The molecular weight excluding hydrogens is 326 g/mol. The number of anilines is 1. The largest absolute Gasteiger partial charge is 0.328 e. The molecule has 3 aromatic rings. The molecule has 0 aliphatic rings. The molecule has 0 fully saturated rings. The summed E-state index contributed by atoms with van der Waals surface area (Å²) in [5.41, 5.74) is 3.00. The van der Waals surface area contributed by atoms with Crippen molar-refractivity contribution < 1.29 is 4.79 Å². The van der Waals surface area contributed by atoms with Crippen LogP contribution in [0.3, 0.4) is 0 Å². The summed E-state index contributed by atoms with van der Waals surface area (Å²) in [5, 5.41) is 3.45. The van der Waals surface area contributed by atoms with Crippen LogP contribution >= 0.6 is 11.6 Å². The zero-order chi connectivity index (χ0) is 17.3. The summed E-state index contributed by atoms with van der Waals surface area (Å²) in [5.74, 6) is -0.245. The SMILES string of the molecule is Cn1c(=O)n(C)c2cc(NC(=O)/C=C/c3ccc(Cl)cc3)ccc21. The Morgan fingerprint density at radius 3 is 2.42 bits per heavy atom. The van der Waals surface area contributed by atoms with Crippen molar-refractivity contribution in [2.24, 2.45) is 14.1 Å². The van der Waals surface area contributed by atoms with Crippen molar-refractivity contribution in [2.45, 2.75) is 0 Å².